The highest BCUT2D eigenvalue weighted by Crippen LogP contribution is 2.30. The summed E-state index contributed by atoms with van der Waals surface area (Å²) in [6.45, 7) is 1.34. The summed E-state index contributed by atoms with van der Waals surface area (Å²) in [6, 6.07) is 4.67. The first kappa shape index (κ1) is 23.0. The molecule has 2 heterocycles. The predicted octanol–water partition coefficient (Wildman–Crippen LogP) is 0.518. The van der Waals surface area contributed by atoms with Crippen LogP contribution in [0.4, 0.5) is 10.5 Å². The van der Waals surface area contributed by atoms with Crippen LogP contribution < -0.4 is 0 Å². The van der Waals surface area contributed by atoms with Crippen molar-refractivity contribution in [1.82, 2.24) is 9.80 Å². The molecule has 11 nitrogen and oxygen atoms in total. The highest BCUT2D eigenvalue weighted by molar-refractivity contribution is 8.14. The third kappa shape index (κ3) is 5.51. The molecular formula is C19H23N3O8S. The molecule has 0 aromatic heterocycles. The number of nitro benzene ring substituents is 1. The number of β-amino-alcohol motifs (C(OH)–C–C–N with tert-alkyl or cyclic N) is 2. The molecule has 4 atom stereocenters. The molecule has 2 saturated heterocycles. The molecule has 3 rings (SSSR count). The van der Waals surface area contributed by atoms with Crippen LogP contribution in [0, 0.1) is 10.1 Å². The van der Waals surface area contributed by atoms with Crippen molar-refractivity contribution in [2.45, 2.75) is 43.5 Å². The fraction of sp³-hybridized carbons (Fsp3) is 0.526. The zero-order valence-electron chi connectivity index (χ0n) is 16.7. The highest BCUT2D eigenvalue weighted by Gasteiger charge is 2.45. The predicted molar refractivity (Wildman–Crippen MR) is 109 cm³/mol. The third-order valence-corrected chi connectivity index (χ3v) is 6.20. The summed E-state index contributed by atoms with van der Waals surface area (Å²) in [5, 5.41) is 29.8. The van der Waals surface area contributed by atoms with Crippen LogP contribution in [0.2, 0.25) is 0 Å². The van der Waals surface area contributed by atoms with Gasteiger partial charge >= 0.3 is 6.09 Å². The van der Waals surface area contributed by atoms with Crippen LogP contribution in [0.5, 0.6) is 0 Å². The molecule has 31 heavy (non-hydrogen) atoms. The van der Waals surface area contributed by atoms with E-state index in [0.717, 1.165) is 11.8 Å². The van der Waals surface area contributed by atoms with E-state index in [9.17, 15) is 34.7 Å². The molecule has 0 unspecified atom stereocenters. The molecule has 1 aromatic carbocycles. The summed E-state index contributed by atoms with van der Waals surface area (Å²) in [6.07, 6.45) is -2.59. The van der Waals surface area contributed by atoms with Crippen LogP contribution in [-0.4, -0.2) is 85.2 Å². The molecule has 0 radical (unpaired) electrons. The number of benzene rings is 1. The van der Waals surface area contributed by atoms with Gasteiger partial charge in [0, 0.05) is 43.9 Å². The Kier molecular flexibility index (Phi) is 7.13. The second-order valence-electron chi connectivity index (χ2n) is 7.49. The second kappa shape index (κ2) is 9.62. The van der Waals surface area contributed by atoms with Crippen LogP contribution in [-0.2, 0) is 20.9 Å². The van der Waals surface area contributed by atoms with Gasteiger partial charge in [-0.05, 0) is 24.1 Å². The maximum Gasteiger partial charge on any atom is 0.410 e. The van der Waals surface area contributed by atoms with Crippen molar-refractivity contribution in [2.75, 3.05) is 19.6 Å². The fourth-order valence-electron chi connectivity index (χ4n) is 3.66. The van der Waals surface area contributed by atoms with Gasteiger partial charge in [-0.25, -0.2) is 4.79 Å². The van der Waals surface area contributed by atoms with Crippen molar-refractivity contribution >= 4 is 34.6 Å². The monoisotopic (exact) mass is 453 g/mol. The summed E-state index contributed by atoms with van der Waals surface area (Å²) in [5.74, 6) is -0.422. The average Bonchev–Trinajstić information content (AvgIpc) is 3.28. The lowest BCUT2D eigenvalue weighted by molar-refractivity contribution is -0.384. The van der Waals surface area contributed by atoms with Gasteiger partial charge in [0.05, 0.1) is 17.1 Å². The Morgan fingerprint density at radius 2 is 1.77 bits per heavy atom. The third-order valence-electron chi connectivity index (χ3n) is 5.20. The van der Waals surface area contributed by atoms with Gasteiger partial charge in [0.25, 0.3) is 5.69 Å². The Balaban J connectivity index is 1.67. The van der Waals surface area contributed by atoms with Crippen molar-refractivity contribution in [1.29, 1.82) is 0 Å². The van der Waals surface area contributed by atoms with E-state index in [-0.39, 0.29) is 48.7 Å². The standard InChI is InChI=1S/C19H23N3O8S/c1-11(23)31-14-6-15(18(26)20-8-16(24)17(25)9-20)21(7-14)19(27)30-10-12-2-4-13(5-3-12)22(28)29/h2-5,14-17,24-25H,6-10H2,1H3/t14-,15+,16+,17+/m1/s1. The first-order valence-electron chi connectivity index (χ1n) is 9.64. The zero-order chi connectivity index (χ0) is 22.7. The number of aliphatic hydroxyl groups excluding tert-OH is 2. The molecule has 12 heteroatoms. The lowest BCUT2D eigenvalue weighted by atomic mass is 10.2. The Morgan fingerprint density at radius 1 is 1.16 bits per heavy atom. The number of nitrogens with zero attached hydrogens (tertiary/aromatic N) is 3. The number of likely N-dealkylation sites (tertiary alicyclic amines) is 2. The highest BCUT2D eigenvalue weighted by atomic mass is 32.2. The SMILES string of the molecule is CC(=O)S[C@@H]1C[C@@H](C(=O)N2C[C@H](O)[C@@H](O)C2)N(C(=O)OCc2ccc([N+](=O)[O-])cc2)C1. The topological polar surface area (TPSA) is 151 Å². The lowest BCUT2D eigenvalue weighted by Crippen LogP contribution is -2.47. The van der Waals surface area contributed by atoms with Gasteiger partial charge in [0.1, 0.15) is 12.6 Å². The number of carbonyl (C=O) groups is 3. The van der Waals surface area contributed by atoms with Gasteiger partial charge in [0.2, 0.25) is 5.91 Å². The van der Waals surface area contributed by atoms with E-state index < -0.39 is 35.2 Å². The summed E-state index contributed by atoms with van der Waals surface area (Å²) in [7, 11) is 0. The smallest absolute Gasteiger partial charge is 0.410 e. The van der Waals surface area contributed by atoms with Crippen molar-refractivity contribution < 1.29 is 34.3 Å². The number of nitro groups is 1. The van der Waals surface area contributed by atoms with E-state index in [2.05, 4.69) is 0 Å². The van der Waals surface area contributed by atoms with Gasteiger partial charge in [-0.1, -0.05) is 11.8 Å². The van der Waals surface area contributed by atoms with Crippen molar-refractivity contribution in [2.24, 2.45) is 0 Å². The fourth-order valence-corrected chi connectivity index (χ4v) is 4.64. The summed E-state index contributed by atoms with van der Waals surface area (Å²) in [5.41, 5.74) is 0.459. The molecule has 0 saturated carbocycles. The average molecular weight is 453 g/mol. The van der Waals surface area contributed by atoms with E-state index in [1.54, 1.807) is 0 Å². The summed E-state index contributed by atoms with van der Waals surface area (Å²) in [4.78, 5) is 49.9. The summed E-state index contributed by atoms with van der Waals surface area (Å²) < 4.78 is 5.30. The molecule has 0 bridgehead atoms. The minimum atomic E-state index is -1.05. The largest absolute Gasteiger partial charge is 0.445 e. The normalized spacial score (nSPS) is 25.5. The van der Waals surface area contributed by atoms with E-state index >= 15 is 0 Å². The van der Waals surface area contributed by atoms with Crippen LogP contribution in [0.1, 0.15) is 18.9 Å². The van der Waals surface area contributed by atoms with Gasteiger partial charge < -0.3 is 19.8 Å². The van der Waals surface area contributed by atoms with Crippen LogP contribution >= 0.6 is 11.8 Å². The molecule has 168 valence electrons. The molecular weight excluding hydrogens is 430 g/mol. The van der Waals surface area contributed by atoms with E-state index in [0.29, 0.717) is 5.56 Å². The van der Waals surface area contributed by atoms with Crippen molar-refractivity contribution in [3.05, 3.63) is 39.9 Å². The van der Waals surface area contributed by atoms with E-state index in [1.807, 2.05) is 0 Å². The Bertz CT molecular complexity index is 854. The molecule has 1 aromatic rings. The number of hydrogen-bond acceptors (Lipinski definition) is 9. The van der Waals surface area contributed by atoms with Gasteiger partial charge in [0.15, 0.2) is 5.12 Å². The second-order valence-corrected chi connectivity index (χ2v) is 8.97. The van der Waals surface area contributed by atoms with Gasteiger partial charge in [-0.15, -0.1) is 0 Å². The van der Waals surface area contributed by atoms with Crippen molar-refractivity contribution in [3.63, 3.8) is 0 Å². The Hall–Kier alpha value is -2.70. The first-order valence-corrected chi connectivity index (χ1v) is 10.5. The number of non-ortho nitro benzene ring substituents is 1. The van der Waals surface area contributed by atoms with Crippen LogP contribution in [0.25, 0.3) is 0 Å². The molecule has 2 aliphatic heterocycles. The quantitative estimate of drug-likeness (QED) is 0.480. The number of hydrogen-bond donors (Lipinski definition) is 2. The number of carbonyl (C=O) groups excluding carboxylic acids is 3. The number of amides is 2. The van der Waals surface area contributed by atoms with Crippen LogP contribution in [0.15, 0.2) is 24.3 Å². The lowest BCUT2D eigenvalue weighted by Gasteiger charge is -2.27. The number of ether oxygens (including phenoxy) is 1. The van der Waals surface area contributed by atoms with E-state index in [4.69, 9.17) is 4.74 Å². The Labute approximate surface area is 182 Å². The molecule has 2 N–H and O–H groups in total. The first-order chi connectivity index (χ1) is 14.7. The molecule has 2 fully saturated rings. The molecule has 2 aliphatic rings. The Morgan fingerprint density at radius 3 is 2.32 bits per heavy atom. The molecule has 0 aliphatic carbocycles. The maximum atomic E-state index is 13.0. The minimum Gasteiger partial charge on any atom is -0.445 e. The summed E-state index contributed by atoms with van der Waals surface area (Å²) >= 11 is 1.05. The maximum absolute atomic E-state index is 13.0. The number of thioether (sulfide) groups is 1. The minimum absolute atomic E-state index is 0.0350. The van der Waals surface area contributed by atoms with Gasteiger partial charge in [-0.2, -0.15) is 0 Å². The van der Waals surface area contributed by atoms with Gasteiger partial charge in [-0.3, -0.25) is 24.6 Å². The molecule has 0 spiro atoms. The zero-order valence-corrected chi connectivity index (χ0v) is 17.6. The molecule has 2 amide bonds. The van der Waals surface area contributed by atoms with Crippen molar-refractivity contribution in [3.8, 4) is 0 Å². The van der Waals surface area contributed by atoms with E-state index in [1.165, 1.54) is 41.0 Å². The number of rotatable bonds is 5. The number of aliphatic hydroxyl groups is 2. The van der Waals surface area contributed by atoms with Crippen LogP contribution in [0.3, 0.4) is 0 Å².